The number of imidazole rings is 1. The summed E-state index contributed by atoms with van der Waals surface area (Å²) in [5.74, 6) is 0.861. The molecule has 0 saturated carbocycles. The number of nitrogens with zero attached hydrogens (tertiary/aromatic N) is 2. The molecule has 0 atom stereocenters. The van der Waals surface area contributed by atoms with Gasteiger partial charge in [0.2, 0.25) is 0 Å². The molecule has 1 aromatic carbocycles. The van der Waals surface area contributed by atoms with Gasteiger partial charge < -0.3 is 10.3 Å². The second-order valence-corrected chi connectivity index (χ2v) is 4.80. The van der Waals surface area contributed by atoms with Crippen molar-refractivity contribution in [3.63, 3.8) is 0 Å². The molecule has 0 bridgehead atoms. The highest BCUT2D eigenvalue weighted by Gasteiger charge is 2.05. The number of benzene rings is 1. The molecule has 0 spiro atoms. The lowest BCUT2D eigenvalue weighted by molar-refractivity contribution is 0.0953. The highest BCUT2D eigenvalue weighted by molar-refractivity contribution is 5.93. The molecule has 21 heavy (non-hydrogen) atoms. The van der Waals surface area contributed by atoms with Crippen LogP contribution in [0.1, 0.15) is 22.6 Å². The summed E-state index contributed by atoms with van der Waals surface area (Å²) in [5.41, 5.74) is 2.61. The molecular formula is C16H16N4O. The highest BCUT2D eigenvalue weighted by Crippen LogP contribution is 2.11. The van der Waals surface area contributed by atoms with E-state index < -0.39 is 0 Å². The fraction of sp³-hybridized carbons (Fsp3) is 0.188. The van der Waals surface area contributed by atoms with Crippen LogP contribution in [0.4, 0.5) is 0 Å². The number of H-pyrrole nitrogens is 1. The summed E-state index contributed by atoms with van der Waals surface area (Å²) in [7, 11) is 0. The molecule has 0 unspecified atom stereocenters. The van der Waals surface area contributed by atoms with Gasteiger partial charge in [-0.15, -0.1) is 0 Å². The third-order valence-electron chi connectivity index (χ3n) is 3.24. The minimum absolute atomic E-state index is 0.0901. The minimum Gasteiger partial charge on any atom is -0.352 e. The van der Waals surface area contributed by atoms with E-state index in [0.29, 0.717) is 12.1 Å². The zero-order valence-electron chi connectivity index (χ0n) is 11.5. The highest BCUT2D eigenvalue weighted by atomic mass is 16.1. The van der Waals surface area contributed by atoms with E-state index >= 15 is 0 Å². The van der Waals surface area contributed by atoms with E-state index in [0.717, 1.165) is 29.7 Å². The molecule has 2 N–H and O–H groups in total. The van der Waals surface area contributed by atoms with Crippen molar-refractivity contribution >= 4 is 16.9 Å². The number of para-hydroxylation sites is 2. The van der Waals surface area contributed by atoms with Crippen LogP contribution in [0.3, 0.4) is 0 Å². The van der Waals surface area contributed by atoms with Gasteiger partial charge in [-0.3, -0.25) is 9.78 Å². The largest absolute Gasteiger partial charge is 0.352 e. The average molecular weight is 280 g/mol. The second kappa shape index (κ2) is 6.17. The topological polar surface area (TPSA) is 70.7 Å². The van der Waals surface area contributed by atoms with E-state index in [9.17, 15) is 4.79 Å². The third-order valence-corrected chi connectivity index (χ3v) is 3.24. The monoisotopic (exact) mass is 280 g/mol. The number of pyridine rings is 1. The van der Waals surface area contributed by atoms with Crippen molar-refractivity contribution in [2.24, 2.45) is 0 Å². The van der Waals surface area contributed by atoms with Crippen molar-refractivity contribution in [2.45, 2.75) is 12.8 Å². The van der Waals surface area contributed by atoms with Crippen LogP contribution in [0, 0.1) is 0 Å². The Balaban J connectivity index is 1.49. The molecule has 5 nitrogen and oxygen atoms in total. The van der Waals surface area contributed by atoms with Crippen LogP contribution in [0.5, 0.6) is 0 Å². The number of aromatic amines is 1. The van der Waals surface area contributed by atoms with Crippen LogP contribution < -0.4 is 5.32 Å². The summed E-state index contributed by atoms with van der Waals surface area (Å²) in [5, 5.41) is 2.88. The van der Waals surface area contributed by atoms with Gasteiger partial charge in [-0.2, -0.15) is 0 Å². The van der Waals surface area contributed by atoms with Crippen LogP contribution >= 0.6 is 0 Å². The SMILES string of the molecule is O=C(NCCCc1nc2ccccc2[nH]1)c1cccnc1. The van der Waals surface area contributed by atoms with Gasteiger partial charge in [-0.05, 0) is 30.7 Å². The van der Waals surface area contributed by atoms with Gasteiger partial charge >= 0.3 is 0 Å². The quantitative estimate of drug-likeness (QED) is 0.705. The summed E-state index contributed by atoms with van der Waals surface area (Å²) < 4.78 is 0. The molecule has 106 valence electrons. The van der Waals surface area contributed by atoms with Crippen molar-refractivity contribution in [3.05, 3.63) is 60.2 Å². The van der Waals surface area contributed by atoms with E-state index in [1.807, 2.05) is 24.3 Å². The van der Waals surface area contributed by atoms with E-state index in [2.05, 4.69) is 20.3 Å². The van der Waals surface area contributed by atoms with Gasteiger partial charge in [0.1, 0.15) is 5.82 Å². The number of carbonyl (C=O) groups is 1. The first-order chi connectivity index (χ1) is 10.3. The standard InChI is InChI=1S/C16H16N4O/c21-16(12-5-3-9-17-11-12)18-10-4-8-15-19-13-6-1-2-7-14(13)20-15/h1-3,5-7,9,11H,4,8,10H2,(H,18,21)(H,19,20). The van der Waals surface area contributed by atoms with Crippen molar-refractivity contribution in [3.8, 4) is 0 Å². The number of rotatable bonds is 5. The molecule has 5 heteroatoms. The number of amides is 1. The lowest BCUT2D eigenvalue weighted by Gasteiger charge is -2.03. The first-order valence-electron chi connectivity index (χ1n) is 6.95. The maximum atomic E-state index is 11.8. The summed E-state index contributed by atoms with van der Waals surface area (Å²) in [4.78, 5) is 23.5. The summed E-state index contributed by atoms with van der Waals surface area (Å²) in [6, 6.07) is 11.5. The molecule has 3 rings (SSSR count). The molecule has 0 aliphatic heterocycles. The first-order valence-corrected chi connectivity index (χ1v) is 6.95. The number of hydrogen-bond acceptors (Lipinski definition) is 3. The first kappa shape index (κ1) is 13.3. The fourth-order valence-corrected chi connectivity index (χ4v) is 2.18. The Morgan fingerprint density at radius 3 is 2.90 bits per heavy atom. The van der Waals surface area contributed by atoms with Gasteiger partial charge in [0, 0.05) is 25.4 Å². The maximum Gasteiger partial charge on any atom is 0.252 e. The zero-order valence-corrected chi connectivity index (χ0v) is 11.5. The van der Waals surface area contributed by atoms with Crippen LogP contribution in [-0.2, 0) is 6.42 Å². The van der Waals surface area contributed by atoms with Crippen LogP contribution in [0.2, 0.25) is 0 Å². The summed E-state index contributed by atoms with van der Waals surface area (Å²) in [6.45, 7) is 0.616. The number of fused-ring (bicyclic) bond motifs is 1. The van der Waals surface area contributed by atoms with E-state index in [-0.39, 0.29) is 5.91 Å². The lowest BCUT2D eigenvalue weighted by atomic mass is 10.2. The number of aryl methyl sites for hydroxylation is 1. The van der Waals surface area contributed by atoms with Crippen molar-refractivity contribution in [1.29, 1.82) is 0 Å². The maximum absolute atomic E-state index is 11.8. The molecule has 0 radical (unpaired) electrons. The molecule has 1 amide bonds. The fourth-order valence-electron chi connectivity index (χ4n) is 2.18. The average Bonchev–Trinajstić information content (AvgIpc) is 2.95. The Labute approximate surface area is 122 Å². The van der Waals surface area contributed by atoms with Gasteiger partial charge in [0.05, 0.1) is 16.6 Å². The minimum atomic E-state index is -0.0901. The second-order valence-electron chi connectivity index (χ2n) is 4.80. The molecule has 2 heterocycles. The van der Waals surface area contributed by atoms with Gasteiger partial charge in [-0.25, -0.2) is 4.98 Å². The molecule has 2 aromatic heterocycles. The Hall–Kier alpha value is -2.69. The number of aromatic nitrogens is 3. The van der Waals surface area contributed by atoms with Gasteiger partial charge in [-0.1, -0.05) is 12.1 Å². The van der Waals surface area contributed by atoms with Crippen LogP contribution in [-0.4, -0.2) is 27.4 Å². The van der Waals surface area contributed by atoms with Crippen molar-refractivity contribution in [1.82, 2.24) is 20.3 Å². The van der Waals surface area contributed by atoms with E-state index in [1.54, 1.807) is 24.5 Å². The predicted octanol–water partition coefficient (Wildman–Crippen LogP) is 2.32. The molecule has 0 aliphatic carbocycles. The number of nitrogens with one attached hydrogen (secondary N) is 2. The zero-order chi connectivity index (χ0) is 14.5. The summed E-state index contributed by atoms with van der Waals surface area (Å²) >= 11 is 0. The molecule has 0 aliphatic rings. The molecule has 3 aromatic rings. The molecule has 0 fully saturated rings. The van der Waals surface area contributed by atoms with E-state index in [1.165, 1.54) is 0 Å². The molecular weight excluding hydrogens is 264 g/mol. The molecule has 0 saturated heterocycles. The number of hydrogen-bond donors (Lipinski definition) is 2. The van der Waals surface area contributed by atoms with Gasteiger partial charge in [0.25, 0.3) is 5.91 Å². The Bertz CT molecular complexity index is 703. The Morgan fingerprint density at radius 1 is 1.19 bits per heavy atom. The number of carbonyl (C=O) groups excluding carboxylic acids is 1. The normalized spacial score (nSPS) is 10.7. The Kier molecular flexibility index (Phi) is 3.91. The van der Waals surface area contributed by atoms with Crippen LogP contribution in [0.15, 0.2) is 48.8 Å². The smallest absolute Gasteiger partial charge is 0.252 e. The Morgan fingerprint density at radius 2 is 2.10 bits per heavy atom. The predicted molar refractivity (Wildman–Crippen MR) is 81.0 cm³/mol. The lowest BCUT2D eigenvalue weighted by Crippen LogP contribution is -2.24. The third kappa shape index (κ3) is 3.25. The van der Waals surface area contributed by atoms with Crippen molar-refractivity contribution < 1.29 is 4.79 Å². The van der Waals surface area contributed by atoms with Crippen LogP contribution in [0.25, 0.3) is 11.0 Å². The van der Waals surface area contributed by atoms with E-state index in [4.69, 9.17) is 0 Å². The summed E-state index contributed by atoms with van der Waals surface area (Å²) in [6.07, 6.45) is 4.86. The van der Waals surface area contributed by atoms with Gasteiger partial charge in [0.15, 0.2) is 0 Å². The van der Waals surface area contributed by atoms with Crippen molar-refractivity contribution in [2.75, 3.05) is 6.54 Å².